The molecule has 2 N–H and O–H groups in total. The average Bonchev–Trinajstić information content (AvgIpc) is 3.20. The molecule has 0 atom stereocenters. The molecule has 6 nitrogen and oxygen atoms in total. The molecule has 1 aromatic heterocycles. The monoisotopic (exact) mass is 298 g/mol. The molecular weight excluding hydrogens is 280 g/mol. The van der Waals surface area contributed by atoms with Crippen LogP contribution < -0.4 is 5.32 Å². The highest BCUT2D eigenvalue weighted by Crippen LogP contribution is 2.17. The molecule has 0 aliphatic carbocycles. The number of nitrogens with zero attached hydrogens (tertiary/aromatic N) is 2. The molecule has 1 aliphatic rings. The van der Waals surface area contributed by atoms with E-state index in [9.17, 15) is 9.59 Å². The van der Waals surface area contributed by atoms with Crippen molar-refractivity contribution in [3.8, 4) is 11.3 Å². The largest absolute Gasteiger partial charge is 0.350 e. The third kappa shape index (κ3) is 3.16. The molecule has 1 aromatic carbocycles. The number of rotatable bonds is 5. The number of aromatic amines is 1. The summed E-state index contributed by atoms with van der Waals surface area (Å²) in [5.41, 5.74) is 2.39. The summed E-state index contributed by atoms with van der Waals surface area (Å²) in [5.74, 6) is 0.0449. The molecule has 0 spiro atoms. The molecule has 2 heterocycles. The van der Waals surface area contributed by atoms with E-state index in [1.807, 2.05) is 18.2 Å². The van der Waals surface area contributed by atoms with Crippen LogP contribution in [0.25, 0.3) is 11.3 Å². The Labute approximate surface area is 128 Å². The highest BCUT2D eigenvalue weighted by Gasteiger charge is 2.19. The van der Waals surface area contributed by atoms with Gasteiger partial charge in [-0.05, 0) is 18.6 Å². The summed E-state index contributed by atoms with van der Waals surface area (Å²) in [6, 6.07) is 7.36. The molecular formula is C16H18N4O2. The minimum atomic E-state index is -0.131. The Kier molecular flexibility index (Phi) is 4.18. The van der Waals surface area contributed by atoms with Crippen molar-refractivity contribution in [2.75, 3.05) is 19.6 Å². The molecule has 0 radical (unpaired) electrons. The van der Waals surface area contributed by atoms with Crippen LogP contribution >= 0.6 is 0 Å². The quantitative estimate of drug-likeness (QED) is 0.876. The predicted octanol–water partition coefficient (Wildman–Crippen LogP) is 1.43. The molecule has 6 heteroatoms. The number of aromatic nitrogens is 2. The van der Waals surface area contributed by atoms with Crippen LogP contribution in [0.15, 0.2) is 36.8 Å². The third-order valence-electron chi connectivity index (χ3n) is 3.77. The number of H-pyrrole nitrogens is 1. The second-order valence-corrected chi connectivity index (χ2v) is 5.29. The zero-order valence-corrected chi connectivity index (χ0v) is 12.2. The first-order chi connectivity index (χ1) is 10.7. The topological polar surface area (TPSA) is 78.1 Å². The lowest BCUT2D eigenvalue weighted by Gasteiger charge is -2.15. The summed E-state index contributed by atoms with van der Waals surface area (Å²) < 4.78 is 0. The Morgan fingerprint density at radius 2 is 2.32 bits per heavy atom. The number of nitrogens with one attached hydrogen (secondary N) is 2. The summed E-state index contributed by atoms with van der Waals surface area (Å²) in [7, 11) is 0. The molecule has 3 rings (SSSR count). The van der Waals surface area contributed by atoms with Gasteiger partial charge in [0.1, 0.15) is 0 Å². The number of hydrogen-bond acceptors (Lipinski definition) is 3. The van der Waals surface area contributed by atoms with Gasteiger partial charge in [-0.1, -0.05) is 12.1 Å². The van der Waals surface area contributed by atoms with Crippen LogP contribution in [0.4, 0.5) is 0 Å². The van der Waals surface area contributed by atoms with E-state index in [1.54, 1.807) is 23.5 Å². The van der Waals surface area contributed by atoms with E-state index in [1.165, 1.54) is 0 Å². The first-order valence-electron chi connectivity index (χ1n) is 7.39. The van der Waals surface area contributed by atoms with Crippen molar-refractivity contribution in [1.82, 2.24) is 20.2 Å². The smallest absolute Gasteiger partial charge is 0.251 e. The normalized spacial score (nSPS) is 14.4. The zero-order valence-electron chi connectivity index (χ0n) is 12.2. The van der Waals surface area contributed by atoms with Crippen molar-refractivity contribution in [2.45, 2.75) is 12.8 Å². The predicted molar refractivity (Wildman–Crippen MR) is 82.2 cm³/mol. The second kappa shape index (κ2) is 6.43. The highest BCUT2D eigenvalue weighted by atomic mass is 16.2. The first kappa shape index (κ1) is 14.3. The Morgan fingerprint density at radius 1 is 1.41 bits per heavy atom. The van der Waals surface area contributed by atoms with Gasteiger partial charge >= 0.3 is 0 Å². The summed E-state index contributed by atoms with van der Waals surface area (Å²) in [6.07, 6.45) is 4.87. The van der Waals surface area contributed by atoms with E-state index < -0.39 is 0 Å². The van der Waals surface area contributed by atoms with Crippen LogP contribution in [0.1, 0.15) is 23.2 Å². The van der Waals surface area contributed by atoms with E-state index in [4.69, 9.17) is 0 Å². The number of carbonyl (C=O) groups is 2. The molecule has 2 amide bonds. The van der Waals surface area contributed by atoms with Gasteiger partial charge in [-0.15, -0.1) is 0 Å². The van der Waals surface area contributed by atoms with Gasteiger partial charge in [0.15, 0.2) is 0 Å². The lowest BCUT2D eigenvalue weighted by atomic mass is 10.1. The highest BCUT2D eigenvalue weighted by molar-refractivity contribution is 5.95. The maximum absolute atomic E-state index is 12.2. The lowest BCUT2D eigenvalue weighted by molar-refractivity contribution is -0.127. The van der Waals surface area contributed by atoms with Gasteiger partial charge in [0.05, 0.1) is 18.2 Å². The SMILES string of the molecule is O=C(NCCN1CCCC1=O)c1cccc(-c2cnc[nH]2)c1. The summed E-state index contributed by atoms with van der Waals surface area (Å²) in [4.78, 5) is 32.5. The number of amides is 2. The zero-order chi connectivity index (χ0) is 15.4. The van der Waals surface area contributed by atoms with Crippen molar-refractivity contribution in [3.63, 3.8) is 0 Å². The van der Waals surface area contributed by atoms with Crippen molar-refractivity contribution in [1.29, 1.82) is 0 Å². The number of carbonyl (C=O) groups excluding carboxylic acids is 2. The first-order valence-corrected chi connectivity index (χ1v) is 7.39. The number of likely N-dealkylation sites (tertiary alicyclic amines) is 1. The van der Waals surface area contributed by atoms with Gasteiger partial charge in [0.2, 0.25) is 5.91 Å². The maximum atomic E-state index is 12.2. The molecule has 1 fully saturated rings. The molecule has 22 heavy (non-hydrogen) atoms. The third-order valence-corrected chi connectivity index (χ3v) is 3.77. The van der Waals surface area contributed by atoms with Gasteiger partial charge in [-0.25, -0.2) is 4.98 Å². The van der Waals surface area contributed by atoms with Crippen molar-refractivity contribution >= 4 is 11.8 Å². The van der Waals surface area contributed by atoms with E-state index in [0.717, 1.165) is 24.2 Å². The van der Waals surface area contributed by atoms with Crippen molar-refractivity contribution < 1.29 is 9.59 Å². The molecule has 0 bridgehead atoms. The van der Waals surface area contributed by atoms with Crippen LogP contribution in [0.5, 0.6) is 0 Å². The van der Waals surface area contributed by atoms with Crippen LogP contribution in [0.2, 0.25) is 0 Å². The van der Waals surface area contributed by atoms with Gasteiger partial charge in [0, 0.05) is 37.2 Å². The van der Waals surface area contributed by atoms with E-state index in [0.29, 0.717) is 25.1 Å². The van der Waals surface area contributed by atoms with Crippen LogP contribution in [0, 0.1) is 0 Å². The number of benzene rings is 1. The second-order valence-electron chi connectivity index (χ2n) is 5.29. The molecule has 1 saturated heterocycles. The number of hydrogen-bond donors (Lipinski definition) is 2. The maximum Gasteiger partial charge on any atom is 0.251 e. The van der Waals surface area contributed by atoms with Gasteiger partial charge in [-0.2, -0.15) is 0 Å². The fraction of sp³-hybridized carbons (Fsp3) is 0.312. The van der Waals surface area contributed by atoms with E-state index in [2.05, 4.69) is 15.3 Å². The van der Waals surface area contributed by atoms with Crippen LogP contribution in [-0.2, 0) is 4.79 Å². The fourth-order valence-corrected chi connectivity index (χ4v) is 2.59. The minimum Gasteiger partial charge on any atom is -0.350 e. The van der Waals surface area contributed by atoms with Crippen LogP contribution in [0.3, 0.4) is 0 Å². The molecule has 114 valence electrons. The average molecular weight is 298 g/mol. The Hall–Kier alpha value is -2.63. The Balaban J connectivity index is 1.58. The van der Waals surface area contributed by atoms with E-state index in [-0.39, 0.29) is 11.8 Å². The number of imidazole rings is 1. The lowest BCUT2D eigenvalue weighted by Crippen LogP contribution is -2.35. The molecule has 0 unspecified atom stereocenters. The molecule has 1 aliphatic heterocycles. The van der Waals surface area contributed by atoms with Gasteiger partial charge in [-0.3, -0.25) is 9.59 Å². The van der Waals surface area contributed by atoms with Gasteiger partial charge in [0.25, 0.3) is 5.91 Å². The van der Waals surface area contributed by atoms with Gasteiger partial charge < -0.3 is 15.2 Å². The fourth-order valence-electron chi connectivity index (χ4n) is 2.59. The van der Waals surface area contributed by atoms with Crippen molar-refractivity contribution in [2.24, 2.45) is 0 Å². The molecule has 0 saturated carbocycles. The summed E-state index contributed by atoms with van der Waals surface area (Å²) in [6.45, 7) is 1.84. The van der Waals surface area contributed by atoms with Crippen LogP contribution in [-0.4, -0.2) is 46.3 Å². The summed E-state index contributed by atoms with van der Waals surface area (Å²) >= 11 is 0. The Bertz CT molecular complexity index is 667. The van der Waals surface area contributed by atoms with Crippen molar-refractivity contribution in [3.05, 3.63) is 42.4 Å². The molecule has 2 aromatic rings. The van der Waals surface area contributed by atoms with E-state index >= 15 is 0 Å². The summed E-state index contributed by atoms with van der Waals surface area (Å²) in [5, 5.41) is 2.86. The standard InChI is InChI=1S/C16H18N4O2/c21-15-5-2-7-20(15)8-6-18-16(22)13-4-1-3-12(9-13)14-10-17-11-19-14/h1,3-4,9-11H,2,5-8H2,(H,17,19)(H,18,22). The Morgan fingerprint density at radius 3 is 3.05 bits per heavy atom. The minimum absolute atomic E-state index is 0.131.